The summed E-state index contributed by atoms with van der Waals surface area (Å²) >= 11 is 6.80. The fourth-order valence-corrected chi connectivity index (χ4v) is 2.93. The van der Waals surface area contributed by atoms with E-state index in [1.54, 1.807) is 0 Å². The second-order valence-electron chi connectivity index (χ2n) is 5.10. The zero-order valence-corrected chi connectivity index (χ0v) is 16.2. The number of halogens is 2. The maximum absolute atomic E-state index is 8.59. The molecule has 0 heterocycles. The molecule has 0 amide bonds. The van der Waals surface area contributed by atoms with Crippen molar-refractivity contribution in [2.45, 2.75) is 32.1 Å². The molecule has 2 nitrogen and oxygen atoms in total. The Morgan fingerprint density at radius 2 is 1.39 bits per heavy atom. The molecule has 0 saturated carbocycles. The van der Waals surface area contributed by atoms with Crippen LogP contribution < -0.4 is 0 Å². The molecule has 0 radical (unpaired) electrons. The molecule has 0 fully saturated rings. The SMILES string of the molecule is N#CCCCc1cccc(Br)c1.OCCCc1cccc(Br)c1. The van der Waals surface area contributed by atoms with E-state index in [9.17, 15) is 0 Å². The summed E-state index contributed by atoms with van der Waals surface area (Å²) in [5.41, 5.74) is 2.56. The smallest absolute Gasteiger partial charge is 0.0621 e. The first-order valence-electron chi connectivity index (χ1n) is 7.62. The summed E-state index contributed by atoms with van der Waals surface area (Å²) < 4.78 is 2.21. The first-order chi connectivity index (χ1) is 11.2. The molecule has 2 aromatic rings. The number of aryl methyl sites for hydroxylation is 2. The van der Waals surface area contributed by atoms with Gasteiger partial charge in [-0.2, -0.15) is 5.26 Å². The van der Waals surface area contributed by atoms with E-state index in [-0.39, 0.29) is 6.61 Å². The lowest BCUT2D eigenvalue weighted by Gasteiger charge is -1.98. The third kappa shape index (κ3) is 9.55. The molecule has 0 aliphatic rings. The highest BCUT2D eigenvalue weighted by Gasteiger charge is 1.93. The quantitative estimate of drug-likeness (QED) is 0.590. The summed E-state index contributed by atoms with van der Waals surface area (Å²) in [6.45, 7) is 0.270. The summed E-state index contributed by atoms with van der Waals surface area (Å²) in [5.74, 6) is 0. The Labute approximate surface area is 155 Å². The molecule has 0 aliphatic heterocycles. The van der Waals surface area contributed by atoms with Crippen molar-refractivity contribution in [3.8, 4) is 6.07 Å². The Bertz CT molecular complexity index is 623. The standard InChI is InChI=1S/C10H10BrN.C9H11BrO/c11-10-6-3-5-9(8-10)4-1-2-7-12;10-9-5-1-3-8(7-9)4-2-6-11/h3,5-6,8H,1-2,4H2;1,3,5,7,11H,2,4,6H2. The highest BCUT2D eigenvalue weighted by Crippen LogP contribution is 2.13. The van der Waals surface area contributed by atoms with Crippen molar-refractivity contribution in [1.29, 1.82) is 5.26 Å². The van der Waals surface area contributed by atoms with Crippen LogP contribution in [0, 0.1) is 11.3 Å². The van der Waals surface area contributed by atoms with Crippen molar-refractivity contribution in [1.82, 2.24) is 0 Å². The first kappa shape index (κ1) is 19.9. The number of hydrogen-bond acceptors (Lipinski definition) is 2. The lowest BCUT2D eigenvalue weighted by atomic mass is 10.1. The van der Waals surface area contributed by atoms with Gasteiger partial charge in [0.2, 0.25) is 0 Å². The van der Waals surface area contributed by atoms with Crippen molar-refractivity contribution in [2.75, 3.05) is 6.61 Å². The molecular weight excluding hydrogens is 418 g/mol. The van der Waals surface area contributed by atoms with Crippen molar-refractivity contribution in [2.24, 2.45) is 0 Å². The van der Waals surface area contributed by atoms with E-state index in [4.69, 9.17) is 10.4 Å². The van der Waals surface area contributed by atoms with E-state index < -0.39 is 0 Å². The first-order valence-corrected chi connectivity index (χ1v) is 9.21. The molecule has 0 bridgehead atoms. The predicted octanol–water partition coefficient (Wildman–Crippen LogP) is 5.67. The molecule has 2 rings (SSSR count). The largest absolute Gasteiger partial charge is 0.396 e. The number of hydrogen-bond donors (Lipinski definition) is 1. The van der Waals surface area contributed by atoms with E-state index >= 15 is 0 Å². The molecule has 1 N–H and O–H groups in total. The minimum Gasteiger partial charge on any atom is -0.396 e. The molecule has 23 heavy (non-hydrogen) atoms. The molecule has 0 aromatic heterocycles. The van der Waals surface area contributed by atoms with Crippen LogP contribution in [0.15, 0.2) is 57.5 Å². The summed E-state index contributed by atoms with van der Waals surface area (Å²) in [5, 5.41) is 16.9. The average molecular weight is 439 g/mol. The number of nitriles is 1. The molecule has 122 valence electrons. The van der Waals surface area contributed by atoms with Crippen LogP contribution in [0.1, 0.15) is 30.4 Å². The summed E-state index contributed by atoms with van der Waals surface area (Å²) in [6.07, 6.45) is 4.39. The monoisotopic (exact) mass is 437 g/mol. The highest BCUT2D eigenvalue weighted by atomic mass is 79.9. The van der Waals surface area contributed by atoms with Crippen LogP contribution in [0.4, 0.5) is 0 Å². The summed E-state index contributed by atoms with van der Waals surface area (Å²) in [7, 11) is 0. The van der Waals surface area contributed by atoms with Gasteiger partial charge in [0.05, 0.1) is 6.07 Å². The van der Waals surface area contributed by atoms with E-state index in [2.05, 4.69) is 62.2 Å². The summed E-state index contributed by atoms with van der Waals surface area (Å²) in [4.78, 5) is 0. The third-order valence-corrected chi connectivity index (χ3v) is 4.14. The number of rotatable bonds is 6. The lowest BCUT2D eigenvalue weighted by molar-refractivity contribution is 0.288. The van der Waals surface area contributed by atoms with Gasteiger partial charge in [-0.3, -0.25) is 0 Å². The van der Waals surface area contributed by atoms with Gasteiger partial charge in [0.25, 0.3) is 0 Å². The van der Waals surface area contributed by atoms with E-state index in [0.29, 0.717) is 6.42 Å². The predicted molar refractivity (Wildman–Crippen MR) is 102 cm³/mol. The zero-order valence-electron chi connectivity index (χ0n) is 13.0. The Balaban J connectivity index is 0.000000231. The molecule has 0 atom stereocenters. The van der Waals surface area contributed by atoms with Crippen molar-refractivity contribution in [3.05, 3.63) is 68.6 Å². The van der Waals surface area contributed by atoms with Gasteiger partial charge in [-0.15, -0.1) is 0 Å². The molecule has 0 saturated heterocycles. The van der Waals surface area contributed by atoms with Crippen LogP contribution in [-0.2, 0) is 12.8 Å². The van der Waals surface area contributed by atoms with Crippen LogP contribution in [0.2, 0.25) is 0 Å². The van der Waals surface area contributed by atoms with Gasteiger partial charge in [-0.05, 0) is 61.1 Å². The van der Waals surface area contributed by atoms with E-state index in [1.807, 2.05) is 24.3 Å². The van der Waals surface area contributed by atoms with Crippen LogP contribution in [0.25, 0.3) is 0 Å². The summed E-state index contributed by atoms with van der Waals surface area (Å²) in [6, 6.07) is 18.5. The molecule has 0 spiro atoms. The Morgan fingerprint density at radius 1 is 0.870 bits per heavy atom. The topological polar surface area (TPSA) is 44.0 Å². The van der Waals surface area contributed by atoms with Crippen molar-refractivity contribution < 1.29 is 5.11 Å². The second-order valence-corrected chi connectivity index (χ2v) is 6.93. The van der Waals surface area contributed by atoms with Gasteiger partial charge >= 0.3 is 0 Å². The normalized spacial score (nSPS) is 9.65. The van der Waals surface area contributed by atoms with Gasteiger partial charge in [-0.1, -0.05) is 56.1 Å². The zero-order chi connectivity index (χ0) is 16.9. The Hall–Kier alpha value is -1.15. The van der Waals surface area contributed by atoms with Crippen LogP contribution in [0.5, 0.6) is 0 Å². The van der Waals surface area contributed by atoms with Gasteiger partial charge in [0, 0.05) is 22.0 Å². The lowest BCUT2D eigenvalue weighted by Crippen LogP contribution is -1.88. The molecule has 0 aliphatic carbocycles. The minimum absolute atomic E-state index is 0.270. The van der Waals surface area contributed by atoms with Gasteiger partial charge in [-0.25, -0.2) is 0 Å². The average Bonchev–Trinajstić information content (AvgIpc) is 2.54. The number of aliphatic hydroxyl groups is 1. The van der Waals surface area contributed by atoms with E-state index in [1.165, 1.54) is 11.1 Å². The van der Waals surface area contributed by atoms with E-state index in [0.717, 1.165) is 34.6 Å². The number of unbranched alkanes of at least 4 members (excludes halogenated alkanes) is 1. The molecular formula is C19H21Br2NO. The van der Waals surface area contributed by atoms with Gasteiger partial charge < -0.3 is 5.11 Å². The minimum atomic E-state index is 0.270. The van der Waals surface area contributed by atoms with Gasteiger partial charge in [0.15, 0.2) is 0 Å². The Morgan fingerprint density at radius 3 is 1.83 bits per heavy atom. The maximum Gasteiger partial charge on any atom is 0.0621 e. The van der Waals surface area contributed by atoms with Gasteiger partial charge in [0.1, 0.15) is 0 Å². The molecule has 0 unspecified atom stereocenters. The van der Waals surface area contributed by atoms with Crippen LogP contribution >= 0.6 is 31.9 Å². The fraction of sp³-hybridized carbons (Fsp3) is 0.316. The molecule has 2 aromatic carbocycles. The number of nitrogens with zero attached hydrogens (tertiary/aromatic N) is 1. The molecule has 4 heteroatoms. The number of benzene rings is 2. The highest BCUT2D eigenvalue weighted by molar-refractivity contribution is 9.10. The number of aliphatic hydroxyl groups excluding tert-OH is 1. The maximum atomic E-state index is 8.59. The van der Waals surface area contributed by atoms with Crippen molar-refractivity contribution in [3.63, 3.8) is 0 Å². The third-order valence-electron chi connectivity index (χ3n) is 3.16. The second kappa shape index (κ2) is 12.3. The van der Waals surface area contributed by atoms with Crippen molar-refractivity contribution >= 4 is 31.9 Å². The van der Waals surface area contributed by atoms with Crippen LogP contribution in [-0.4, -0.2) is 11.7 Å². The van der Waals surface area contributed by atoms with Crippen LogP contribution in [0.3, 0.4) is 0 Å². The fourth-order valence-electron chi connectivity index (χ4n) is 2.04. The Kier molecular flexibility index (Phi) is 10.6.